The molecule has 0 atom stereocenters. The normalized spacial score (nSPS) is 11.0. The van der Waals surface area contributed by atoms with Crippen molar-refractivity contribution in [3.05, 3.63) is 78.5 Å². The molecule has 0 aliphatic heterocycles. The minimum Gasteiger partial charge on any atom is -0.256 e. The van der Waals surface area contributed by atoms with Gasteiger partial charge in [0.1, 0.15) is 0 Å². The number of pyridine rings is 1. The van der Waals surface area contributed by atoms with Crippen LogP contribution in [0.4, 0.5) is 0 Å². The second-order valence-electron chi connectivity index (χ2n) is 6.12. The Morgan fingerprint density at radius 3 is 2.82 bits per heavy atom. The average molecular weight is 380 g/mol. The van der Waals surface area contributed by atoms with Gasteiger partial charge in [0.05, 0.1) is 22.8 Å². The third-order valence-corrected chi connectivity index (χ3v) is 5.23. The minimum atomic E-state index is 0.600. The van der Waals surface area contributed by atoms with E-state index in [1.807, 2.05) is 54.6 Å². The monoisotopic (exact) mass is 380 g/mol. The first kappa shape index (κ1) is 16.4. The molecule has 2 aromatic carbocycles. The van der Waals surface area contributed by atoms with Crippen LogP contribution in [-0.2, 0) is 0 Å². The van der Waals surface area contributed by atoms with Gasteiger partial charge in [0.2, 0.25) is 5.16 Å². The molecule has 7 heteroatoms. The van der Waals surface area contributed by atoms with Crippen LogP contribution in [0.15, 0.2) is 83.0 Å². The molecule has 0 spiro atoms. The van der Waals surface area contributed by atoms with Crippen LogP contribution in [0.5, 0.6) is 0 Å². The van der Waals surface area contributed by atoms with Gasteiger partial charge < -0.3 is 0 Å². The third-order valence-electron chi connectivity index (χ3n) is 4.31. The van der Waals surface area contributed by atoms with Gasteiger partial charge in [-0.05, 0) is 60.3 Å². The maximum absolute atomic E-state index is 9.13. The Labute approximate surface area is 164 Å². The number of hydrogen-bond donors (Lipinski definition) is 0. The van der Waals surface area contributed by atoms with Crippen molar-refractivity contribution in [2.45, 2.75) is 10.1 Å². The van der Waals surface area contributed by atoms with Crippen LogP contribution >= 0.6 is 11.8 Å². The maximum Gasteiger partial charge on any atom is 0.217 e. The fraction of sp³-hybridized carbons (Fsp3) is 0. The summed E-state index contributed by atoms with van der Waals surface area (Å²) in [6.45, 7) is 0. The van der Waals surface area contributed by atoms with Gasteiger partial charge in [-0.15, -0.1) is 10.2 Å². The van der Waals surface area contributed by atoms with E-state index in [1.165, 1.54) is 11.8 Å². The molecule has 3 aromatic heterocycles. The molecule has 0 bridgehead atoms. The molecule has 0 aliphatic carbocycles. The van der Waals surface area contributed by atoms with E-state index in [0.29, 0.717) is 16.4 Å². The summed E-state index contributed by atoms with van der Waals surface area (Å²) < 4.78 is 1.73. The average Bonchev–Trinajstić information content (AvgIpc) is 3.15. The molecule has 5 rings (SSSR count). The molecule has 0 saturated heterocycles. The van der Waals surface area contributed by atoms with Crippen molar-refractivity contribution in [3.8, 4) is 17.3 Å². The van der Waals surface area contributed by atoms with Gasteiger partial charge in [0.25, 0.3) is 0 Å². The SMILES string of the molecule is N#Cc1cccc(-c2ccc3nnc(Sc4ccc5ncccc5c4)n3n2)c1. The first-order valence-corrected chi connectivity index (χ1v) is 9.37. The van der Waals surface area contributed by atoms with E-state index in [1.54, 1.807) is 16.8 Å². The summed E-state index contributed by atoms with van der Waals surface area (Å²) in [4.78, 5) is 5.39. The highest BCUT2D eigenvalue weighted by atomic mass is 32.2. The maximum atomic E-state index is 9.13. The van der Waals surface area contributed by atoms with Gasteiger partial charge in [0.15, 0.2) is 5.65 Å². The quantitative estimate of drug-likeness (QED) is 0.463. The topological polar surface area (TPSA) is 79.8 Å². The third kappa shape index (κ3) is 2.96. The van der Waals surface area contributed by atoms with Gasteiger partial charge in [-0.25, -0.2) is 0 Å². The second-order valence-corrected chi connectivity index (χ2v) is 7.16. The summed E-state index contributed by atoms with van der Waals surface area (Å²) in [5, 5.41) is 24.1. The molecule has 0 aliphatic rings. The summed E-state index contributed by atoms with van der Waals surface area (Å²) in [5.41, 5.74) is 3.86. The van der Waals surface area contributed by atoms with Gasteiger partial charge >= 0.3 is 0 Å². The highest BCUT2D eigenvalue weighted by Crippen LogP contribution is 2.29. The van der Waals surface area contributed by atoms with E-state index < -0.39 is 0 Å². The molecule has 6 nitrogen and oxygen atoms in total. The van der Waals surface area contributed by atoms with E-state index in [2.05, 4.69) is 32.4 Å². The smallest absolute Gasteiger partial charge is 0.217 e. The molecule has 0 fully saturated rings. The van der Waals surface area contributed by atoms with Crippen LogP contribution in [0.25, 0.3) is 27.8 Å². The Morgan fingerprint density at radius 1 is 0.929 bits per heavy atom. The van der Waals surface area contributed by atoms with E-state index in [0.717, 1.165) is 27.1 Å². The minimum absolute atomic E-state index is 0.600. The lowest BCUT2D eigenvalue weighted by Crippen LogP contribution is -1.96. The number of fused-ring (bicyclic) bond motifs is 2. The number of aromatic nitrogens is 5. The van der Waals surface area contributed by atoms with Crippen LogP contribution in [0.1, 0.15) is 5.56 Å². The molecule has 28 heavy (non-hydrogen) atoms. The summed E-state index contributed by atoms with van der Waals surface area (Å²) in [6.07, 6.45) is 1.79. The van der Waals surface area contributed by atoms with E-state index >= 15 is 0 Å². The largest absolute Gasteiger partial charge is 0.256 e. The molecule has 0 amide bonds. The van der Waals surface area contributed by atoms with Crippen molar-refractivity contribution in [2.75, 3.05) is 0 Å². The molecule has 3 heterocycles. The molecule has 132 valence electrons. The highest BCUT2D eigenvalue weighted by molar-refractivity contribution is 7.99. The molecule has 0 saturated carbocycles. The van der Waals surface area contributed by atoms with Crippen LogP contribution in [-0.4, -0.2) is 24.8 Å². The molecule has 5 aromatic rings. The lowest BCUT2D eigenvalue weighted by atomic mass is 10.1. The van der Waals surface area contributed by atoms with Crippen molar-refractivity contribution in [1.29, 1.82) is 5.26 Å². The molecular formula is C21H12N6S. The zero-order chi connectivity index (χ0) is 18.9. The Kier molecular flexibility index (Phi) is 3.96. The van der Waals surface area contributed by atoms with Gasteiger partial charge in [-0.1, -0.05) is 18.2 Å². The number of nitrogens with zero attached hydrogens (tertiary/aromatic N) is 6. The molecule has 0 N–H and O–H groups in total. The first-order chi connectivity index (χ1) is 13.8. The Balaban J connectivity index is 1.55. The van der Waals surface area contributed by atoms with E-state index in [-0.39, 0.29) is 0 Å². The van der Waals surface area contributed by atoms with E-state index in [4.69, 9.17) is 5.26 Å². The molecule has 0 radical (unpaired) electrons. The Morgan fingerprint density at radius 2 is 1.89 bits per heavy atom. The lowest BCUT2D eigenvalue weighted by Gasteiger charge is -2.04. The number of hydrogen-bond acceptors (Lipinski definition) is 6. The van der Waals surface area contributed by atoms with Crippen LogP contribution in [0, 0.1) is 11.3 Å². The van der Waals surface area contributed by atoms with Gasteiger partial charge in [-0.2, -0.15) is 14.9 Å². The summed E-state index contributed by atoms with van der Waals surface area (Å²) in [6, 6.07) is 23.3. The van der Waals surface area contributed by atoms with Crippen molar-refractivity contribution in [2.24, 2.45) is 0 Å². The van der Waals surface area contributed by atoms with Crippen molar-refractivity contribution in [3.63, 3.8) is 0 Å². The summed E-state index contributed by atoms with van der Waals surface area (Å²) in [7, 11) is 0. The van der Waals surface area contributed by atoms with Crippen molar-refractivity contribution in [1.82, 2.24) is 24.8 Å². The Bertz CT molecular complexity index is 1370. The molecule has 0 unspecified atom stereocenters. The van der Waals surface area contributed by atoms with Crippen molar-refractivity contribution < 1.29 is 0 Å². The lowest BCUT2D eigenvalue weighted by molar-refractivity contribution is 0.813. The molecular weight excluding hydrogens is 368 g/mol. The number of nitriles is 1. The summed E-state index contributed by atoms with van der Waals surface area (Å²) in [5.74, 6) is 0. The fourth-order valence-electron chi connectivity index (χ4n) is 2.96. The standard InChI is InChI=1S/C21H12N6S/c22-13-14-3-1-4-15(11-14)19-8-9-20-24-25-21(27(20)26-19)28-17-6-7-18-16(12-17)5-2-10-23-18/h1-12H. The summed E-state index contributed by atoms with van der Waals surface area (Å²) >= 11 is 1.50. The van der Waals surface area contributed by atoms with Crippen LogP contribution < -0.4 is 0 Å². The van der Waals surface area contributed by atoms with Gasteiger partial charge in [0, 0.05) is 22.0 Å². The highest BCUT2D eigenvalue weighted by Gasteiger charge is 2.11. The number of rotatable bonds is 3. The predicted molar refractivity (Wildman–Crippen MR) is 107 cm³/mol. The Hall–Kier alpha value is -3.76. The van der Waals surface area contributed by atoms with Gasteiger partial charge in [-0.3, -0.25) is 4.98 Å². The van der Waals surface area contributed by atoms with Crippen LogP contribution in [0.2, 0.25) is 0 Å². The predicted octanol–water partition coefficient (Wildman–Crippen LogP) is 4.36. The van der Waals surface area contributed by atoms with Crippen molar-refractivity contribution >= 4 is 28.3 Å². The second kappa shape index (κ2) is 6.76. The van der Waals surface area contributed by atoms with E-state index in [9.17, 15) is 0 Å². The number of benzene rings is 2. The zero-order valence-corrected chi connectivity index (χ0v) is 15.3. The fourth-order valence-corrected chi connectivity index (χ4v) is 3.79. The zero-order valence-electron chi connectivity index (χ0n) is 14.5. The first-order valence-electron chi connectivity index (χ1n) is 8.56. The van der Waals surface area contributed by atoms with Crippen LogP contribution in [0.3, 0.4) is 0 Å².